The molecule has 0 radical (unpaired) electrons. The van der Waals surface area contributed by atoms with Gasteiger partial charge in [-0.05, 0) is 24.9 Å². The van der Waals surface area contributed by atoms with E-state index in [0.717, 1.165) is 12.8 Å². The standard InChI is InChI=1S/C11H22N2O3S/c1-3-4-5-8(12)10(14)13-9(11(15)16)6-7-17-2/h8-9H,3-7,12H2,1-2H3,(H,13,14)(H,15,16)/t8-,9-/m0/s1. The van der Waals surface area contributed by atoms with Crippen molar-refractivity contribution in [2.75, 3.05) is 12.0 Å². The van der Waals surface area contributed by atoms with Crippen molar-refractivity contribution in [3.05, 3.63) is 0 Å². The predicted octanol–water partition coefficient (Wildman–Crippen LogP) is 0.826. The van der Waals surface area contributed by atoms with Gasteiger partial charge in [-0.25, -0.2) is 4.79 Å². The highest BCUT2D eigenvalue weighted by Crippen LogP contribution is 2.03. The number of carboxylic acid groups (broad SMARTS) is 1. The van der Waals surface area contributed by atoms with Crippen LogP contribution in [0.3, 0.4) is 0 Å². The van der Waals surface area contributed by atoms with Crippen LogP contribution < -0.4 is 11.1 Å². The molecule has 0 heterocycles. The Bertz CT molecular complexity index is 249. The first-order chi connectivity index (χ1) is 8.02. The minimum atomic E-state index is -1.00. The van der Waals surface area contributed by atoms with Gasteiger partial charge in [-0.15, -0.1) is 0 Å². The van der Waals surface area contributed by atoms with Crippen LogP contribution in [0.2, 0.25) is 0 Å². The highest BCUT2D eigenvalue weighted by molar-refractivity contribution is 7.98. The fraction of sp³-hybridized carbons (Fsp3) is 0.818. The third-order valence-corrected chi connectivity index (χ3v) is 3.07. The molecular formula is C11H22N2O3S. The second-order valence-electron chi connectivity index (χ2n) is 3.93. The van der Waals surface area contributed by atoms with E-state index in [4.69, 9.17) is 10.8 Å². The van der Waals surface area contributed by atoms with Crippen LogP contribution >= 0.6 is 11.8 Å². The summed E-state index contributed by atoms with van der Waals surface area (Å²) >= 11 is 1.55. The van der Waals surface area contributed by atoms with E-state index in [0.29, 0.717) is 18.6 Å². The molecule has 100 valence electrons. The Morgan fingerprint density at radius 1 is 1.41 bits per heavy atom. The molecule has 0 aromatic rings. The lowest BCUT2D eigenvalue weighted by molar-refractivity contribution is -0.142. The second-order valence-corrected chi connectivity index (χ2v) is 4.92. The van der Waals surface area contributed by atoms with Crippen molar-refractivity contribution in [3.8, 4) is 0 Å². The number of amides is 1. The Kier molecular flexibility index (Phi) is 8.89. The summed E-state index contributed by atoms with van der Waals surface area (Å²) in [5, 5.41) is 11.4. The third kappa shape index (κ3) is 7.23. The molecule has 0 fully saturated rings. The van der Waals surface area contributed by atoms with Gasteiger partial charge in [-0.3, -0.25) is 4.79 Å². The van der Waals surface area contributed by atoms with Crippen molar-refractivity contribution in [2.45, 2.75) is 44.7 Å². The number of thioether (sulfide) groups is 1. The van der Waals surface area contributed by atoms with Gasteiger partial charge in [0.1, 0.15) is 6.04 Å². The number of carbonyl (C=O) groups excluding carboxylic acids is 1. The molecule has 0 aromatic heterocycles. The molecule has 0 aliphatic heterocycles. The zero-order valence-electron chi connectivity index (χ0n) is 10.4. The molecule has 17 heavy (non-hydrogen) atoms. The minimum Gasteiger partial charge on any atom is -0.480 e. The molecule has 5 nitrogen and oxygen atoms in total. The van der Waals surface area contributed by atoms with Crippen molar-refractivity contribution in [2.24, 2.45) is 5.73 Å². The van der Waals surface area contributed by atoms with Gasteiger partial charge in [-0.2, -0.15) is 11.8 Å². The minimum absolute atomic E-state index is 0.369. The van der Waals surface area contributed by atoms with Gasteiger partial charge in [0.15, 0.2) is 0 Å². The van der Waals surface area contributed by atoms with E-state index in [1.807, 2.05) is 13.2 Å². The van der Waals surface area contributed by atoms with E-state index in [2.05, 4.69) is 5.32 Å². The van der Waals surface area contributed by atoms with Gasteiger partial charge in [0, 0.05) is 0 Å². The lowest BCUT2D eigenvalue weighted by Crippen LogP contribution is -2.48. The van der Waals surface area contributed by atoms with E-state index < -0.39 is 18.1 Å². The first-order valence-corrected chi connectivity index (χ1v) is 7.20. The Hall–Kier alpha value is -0.750. The van der Waals surface area contributed by atoms with Crippen molar-refractivity contribution < 1.29 is 14.7 Å². The Labute approximate surface area is 107 Å². The molecule has 0 aliphatic carbocycles. The molecule has 0 aromatic carbocycles. The zero-order chi connectivity index (χ0) is 13.3. The van der Waals surface area contributed by atoms with Gasteiger partial charge in [-0.1, -0.05) is 19.8 Å². The number of nitrogens with one attached hydrogen (secondary N) is 1. The van der Waals surface area contributed by atoms with Gasteiger partial charge in [0.05, 0.1) is 6.04 Å². The lowest BCUT2D eigenvalue weighted by atomic mass is 10.1. The summed E-state index contributed by atoms with van der Waals surface area (Å²) in [7, 11) is 0. The summed E-state index contributed by atoms with van der Waals surface area (Å²) in [4.78, 5) is 22.5. The molecule has 0 spiro atoms. The smallest absolute Gasteiger partial charge is 0.326 e. The summed E-state index contributed by atoms with van der Waals surface area (Å²) in [6, 6.07) is -1.44. The number of nitrogens with two attached hydrogens (primary N) is 1. The number of carboxylic acids is 1. The number of hydrogen-bond donors (Lipinski definition) is 3. The van der Waals surface area contributed by atoms with E-state index in [9.17, 15) is 9.59 Å². The molecule has 4 N–H and O–H groups in total. The molecule has 0 bridgehead atoms. The van der Waals surface area contributed by atoms with Crippen LogP contribution in [0.5, 0.6) is 0 Å². The molecule has 0 unspecified atom stereocenters. The zero-order valence-corrected chi connectivity index (χ0v) is 11.3. The number of rotatable bonds is 9. The molecule has 6 heteroatoms. The van der Waals surface area contributed by atoms with Gasteiger partial charge in [0.25, 0.3) is 0 Å². The molecular weight excluding hydrogens is 240 g/mol. The summed E-state index contributed by atoms with van der Waals surface area (Å²) in [6.45, 7) is 2.02. The summed E-state index contributed by atoms with van der Waals surface area (Å²) in [6.07, 6.45) is 4.75. The van der Waals surface area contributed by atoms with E-state index in [1.54, 1.807) is 11.8 Å². The fourth-order valence-electron chi connectivity index (χ4n) is 1.33. The van der Waals surface area contributed by atoms with Crippen LogP contribution in [-0.4, -0.2) is 41.1 Å². The summed E-state index contributed by atoms with van der Waals surface area (Å²) < 4.78 is 0. The van der Waals surface area contributed by atoms with Crippen molar-refractivity contribution >= 4 is 23.6 Å². The largest absolute Gasteiger partial charge is 0.480 e. The van der Waals surface area contributed by atoms with E-state index in [-0.39, 0.29) is 5.91 Å². The maximum absolute atomic E-state index is 11.6. The van der Waals surface area contributed by atoms with Crippen LogP contribution in [-0.2, 0) is 9.59 Å². The van der Waals surface area contributed by atoms with Crippen molar-refractivity contribution in [1.29, 1.82) is 0 Å². The SMILES string of the molecule is CCCC[C@H](N)C(=O)N[C@@H](CCSC)C(=O)O. The monoisotopic (exact) mass is 262 g/mol. The lowest BCUT2D eigenvalue weighted by Gasteiger charge is -2.17. The molecule has 1 amide bonds. The second kappa shape index (κ2) is 9.30. The highest BCUT2D eigenvalue weighted by atomic mass is 32.2. The van der Waals surface area contributed by atoms with Crippen molar-refractivity contribution in [1.82, 2.24) is 5.32 Å². The molecule has 0 aliphatic rings. The number of carbonyl (C=O) groups is 2. The third-order valence-electron chi connectivity index (χ3n) is 2.43. The molecule has 0 saturated heterocycles. The van der Waals surface area contributed by atoms with Crippen LogP contribution in [0.4, 0.5) is 0 Å². The maximum Gasteiger partial charge on any atom is 0.326 e. The Balaban J connectivity index is 4.15. The predicted molar refractivity (Wildman–Crippen MR) is 70.1 cm³/mol. The molecule has 0 rings (SSSR count). The van der Waals surface area contributed by atoms with Crippen molar-refractivity contribution in [3.63, 3.8) is 0 Å². The van der Waals surface area contributed by atoms with E-state index in [1.165, 1.54) is 0 Å². The quantitative estimate of drug-likeness (QED) is 0.572. The number of hydrogen-bond acceptors (Lipinski definition) is 4. The normalized spacial score (nSPS) is 14.1. The Morgan fingerprint density at radius 3 is 2.53 bits per heavy atom. The first kappa shape index (κ1) is 16.2. The fourth-order valence-corrected chi connectivity index (χ4v) is 1.80. The number of unbranched alkanes of at least 4 members (excludes halogenated alkanes) is 1. The number of aliphatic carboxylic acids is 1. The molecule has 2 atom stereocenters. The molecule has 0 saturated carbocycles. The summed E-state index contributed by atoms with van der Waals surface area (Å²) in [5.41, 5.74) is 5.67. The van der Waals surface area contributed by atoms with Crippen LogP contribution in [0.1, 0.15) is 32.6 Å². The highest BCUT2D eigenvalue weighted by Gasteiger charge is 2.22. The van der Waals surface area contributed by atoms with Gasteiger partial charge < -0.3 is 16.2 Å². The topological polar surface area (TPSA) is 92.4 Å². The average molecular weight is 262 g/mol. The van der Waals surface area contributed by atoms with E-state index >= 15 is 0 Å². The van der Waals surface area contributed by atoms with Crippen LogP contribution in [0.25, 0.3) is 0 Å². The summed E-state index contributed by atoms with van der Waals surface area (Å²) in [5.74, 6) is -0.677. The van der Waals surface area contributed by atoms with Crippen LogP contribution in [0, 0.1) is 0 Å². The maximum atomic E-state index is 11.6. The Morgan fingerprint density at radius 2 is 2.06 bits per heavy atom. The van der Waals surface area contributed by atoms with Crippen LogP contribution in [0.15, 0.2) is 0 Å². The van der Waals surface area contributed by atoms with Gasteiger partial charge >= 0.3 is 5.97 Å². The average Bonchev–Trinajstić information content (AvgIpc) is 2.30. The van der Waals surface area contributed by atoms with Gasteiger partial charge in [0.2, 0.25) is 5.91 Å². The first-order valence-electron chi connectivity index (χ1n) is 5.80.